The van der Waals surface area contributed by atoms with Crippen LogP contribution in [0.5, 0.6) is 0 Å². The molecule has 0 bridgehead atoms. The monoisotopic (exact) mass is 490 g/mol. The summed E-state index contributed by atoms with van der Waals surface area (Å²) in [6, 6.07) is 22.9. The summed E-state index contributed by atoms with van der Waals surface area (Å²) in [6.45, 7) is 9.31. The average Bonchev–Trinajstić information content (AvgIpc) is 3.25. The van der Waals surface area contributed by atoms with Crippen LogP contribution in [0.1, 0.15) is 40.5 Å². The molecule has 4 rings (SSSR count). The van der Waals surface area contributed by atoms with Crippen LogP contribution in [0.25, 0.3) is 0 Å². The van der Waals surface area contributed by atoms with E-state index in [1.165, 1.54) is 22.3 Å². The number of halogens is 2. The minimum absolute atomic E-state index is 0. The minimum atomic E-state index is -3.69. The standard InChI is InChI=1S/2C7H9.2C6H5.2ClH.H2Si.Ti/c2*1-6-4-3-5-7(6)2;2*1-2-4-6-5-3-1;;;;/h2*4H,3H2,1-2H3;2*1-5H;2*1H;1H2;. The van der Waals surface area contributed by atoms with Gasteiger partial charge in [-0.15, -0.1) is 24.8 Å². The van der Waals surface area contributed by atoms with E-state index in [0.717, 1.165) is 12.8 Å². The maximum atomic E-state index is 2.46. The van der Waals surface area contributed by atoms with Gasteiger partial charge in [-0.05, 0) is 0 Å². The van der Waals surface area contributed by atoms with Crippen LogP contribution in [0.15, 0.2) is 103 Å². The Morgan fingerprint density at radius 2 is 0.933 bits per heavy atom. The molecule has 4 heteroatoms. The molecule has 0 heterocycles. The van der Waals surface area contributed by atoms with Crippen molar-refractivity contribution < 1.29 is 14.0 Å². The fourth-order valence-electron chi connectivity index (χ4n) is 5.53. The molecule has 0 aromatic heterocycles. The maximum Gasteiger partial charge on any atom is -0.147 e. The topological polar surface area (TPSA) is 0 Å². The van der Waals surface area contributed by atoms with Crippen LogP contribution in [-0.4, -0.2) is 7.63 Å². The predicted molar refractivity (Wildman–Crippen MR) is 137 cm³/mol. The molecule has 30 heavy (non-hydrogen) atoms. The van der Waals surface area contributed by atoms with Gasteiger partial charge in [0.1, 0.15) is 0 Å². The molecule has 2 aromatic carbocycles. The molecule has 0 radical (unpaired) electrons. The van der Waals surface area contributed by atoms with Gasteiger partial charge in [0.2, 0.25) is 0 Å². The van der Waals surface area contributed by atoms with E-state index in [4.69, 9.17) is 0 Å². The second-order valence-electron chi connectivity index (χ2n) is 8.58. The number of hydrogen-bond donors (Lipinski definition) is 0. The summed E-state index contributed by atoms with van der Waals surface area (Å²) in [4.78, 5) is 0. The summed E-state index contributed by atoms with van der Waals surface area (Å²) >= 11 is -3.69. The van der Waals surface area contributed by atoms with Gasteiger partial charge in [-0.1, -0.05) is 0 Å². The molecule has 0 N–H and O–H groups in total. The van der Waals surface area contributed by atoms with Crippen LogP contribution in [0, 0.1) is 0 Å². The van der Waals surface area contributed by atoms with Crippen molar-refractivity contribution in [1.29, 1.82) is 0 Å². The molecule has 158 valence electrons. The largest absolute Gasteiger partial charge is 0.147 e. The molecule has 0 saturated heterocycles. The predicted octanol–water partition coefficient (Wildman–Crippen LogP) is 5.97. The van der Waals surface area contributed by atoms with Crippen LogP contribution in [-0.2, 0) is 14.0 Å². The van der Waals surface area contributed by atoms with Crippen LogP contribution in [0.3, 0.4) is 0 Å². The van der Waals surface area contributed by atoms with Crippen molar-refractivity contribution in [3.63, 3.8) is 0 Å². The van der Waals surface area contributed by atoms with Gasteiger partial charge in [0.25, 0.3) is 0 Å². The zero-order chi connectivity index (χ0) is 20.0. The number of allylic oxidation sites excluding steroid dienone is 8. The summed E-state index contributed by atoms with van der Waals surface area (Å²) in [6.07, 6.45) is 7.10. The number of benzene rings is 2. The van der Waals surface area contributed by atoms with E-state index < -0.39 is 14.0 Å². The van der Waals surface area contributed by atoms with Crippen molar-refractivity contribution in [2.75, 3.05) is 0 Å². The Balaban J connectivity index is 0.00000160. The van der Waals surface area contributed by atoms with Crippen LogP contribution >= 0.6 is 24.8 Å². The Labute approximate surface area is 196 Å². The minimum Gasteiger partial charge on any atom is -0.147 e. The van der Waals surface area contributed by atoms with E-state index in [-0.39, 0.29) is 24.8 Å². The van der Waals surface area contributed by atoms with Gasteiger partial charge in [0.15, 0.2) is 0 Å². The molecule has 0 amide bonds. The van der Waals surface area contributed by atoms with Gasteiger partial charge in [0, 0.05) is 0 Å². The Kier molecular flexibility index (Phi) is 7.71. The number of hydrogen-bond acceptors (Lipinski definition) is 0. The molecule has 2 aromatic rings. The van der Waals surface area contributed by atoms with Gasteiger partial charge in [-0.3, -0.25) is 0 Å². The molecule has 0 spiro atoms. The first-order valence-electron chi connectivity index (χ1n) is 10.3. The SMILES string of the molecule is CC1=CC[C]([Ti](=[SiH2])([C]2=C(C)C(C)=CC2)([c]2ccccc2)[c]2ccccc2)=C1C.Cl.Cl. The van der Waals surface area contributed by atoms with E-state index in [0.29, 0.717) is 0 Å². The Bertz CT molecular complexity index is 1040. The third-order valence-electron chi connectivity index (χ3n) is 7.47. The Hall–Kier alpha value is -1.09. The molecule has 0 aliphatic heterocycles. The van der Waals surface area contributed by atoms with E-state index in [9.17, 15) is 0 Å². The summed E-state index contributed by atoms with van der Waals surface area (Å²) in [5, 5.41) is 0. The zero-order valence-corrected chi connectivity index (χ0v) is 23.0. The van der Waals surface area contributed by atoms with E-state index in [1.807, 2.05) is 0 Å². The normalized spacial score (nSPS) is 16.7. The first-order chi connectivity index (χ1) is 13.4. The van der Waals surface area contributed by atoms with Crippen molar-refractivity contribution in [3.8, 4) is 0 Å². The molecule has 0 nitrogen and oxygen atoms in total. The van der Waals surface area contributed by atoms with Crippen molar-refractivity contribution in [1.82, 2.24) is 0 Å². The molecule has 0 unspecified atom stereocenters. The smallest absolute Gasteiger partial charge is 0.147 e. The summed E-state index contributed by atoms with van der Waals surface area (Å²) in [5.74, 6) is 0. The molecular formula is C26H32Cl2SiTi. The van der Waals surface area contributed by atoms with Gasteiger partial charge in [-0.2, -0.15) is 0 Å². The molecule has 0 saturated carbocycles. The molecule has 2 aliphatic carbocycles. The second-order valence-corrected chi connectivity index (χ2v) is 22.6. The zero-order valence-electron chi connectivity index (χ0n) is 18.4. The van der Waals surface area contributed by atoms with Crippen molar-refractivity contribution in [3.05, 3.63) is 103 Å². The molecule has 0 fully saturated rings. The van der Waals surface area contributed by atoms with Crippen molar-refractivity contribution in [2.24, 2.45) is 0 Å². The van der Waals surface area contributed by atoms with Crippen LogP contribution in [0.2, 0.25) is 0 Å². The third kappa shape index (κ3) is 3.40. The van der Waals surface area contributed by atoms with E-state index in [2.05, 4.69) is 108 Å². The fraction of sp³-hybridized carbons (Fsp3) is 0.231. The Morgan fingerprint density at radius 3 is 1.20 bits per heavy atom. The summed E-state index contributed by atoms with van der Waals surface area (Å²) in [7, 11) is 2.38. The fourth-order valence-corrected chi connectivity index (χ4v) is 21.9. The van der Waals surface area contributed by atoms with E-state index >= 15 is 0 Å². The summed E-state index contributed by atoms with van der Waals surface area (Å²) < 4.78 is 6.59. The first-order valence-corrected chi connectivity index (χ1v) is 17.4. The van der Waals surface area contributed by atoms with Gasteiger partial charge < -0.3 is 0 Å². The van der Waals surface area contributed by atoms with Gasteiger partial charge in [-0.25, -0.2) is 0 Å². The average molecular weight is 491 g/mol. The third-order valence-corrected chi connectivity index (χ3v) is 25.3. The Morgan fingerprint density at radius 1 is 0.600 bits per heavy atom. The summed E-state index contributed by atoms with van der Waals surface area (Å²) in [5.41, 5.74) is 5.99. The maximum absolute atomic E-state index is 3.69. The number of rotatable bonds is 4. The van der Waals surface area contributed by atoms with Crippen molar-refractivity contribution in [2.45, 2.75) is 40.5 Å². The van der Waals surface area contributed by atoms with Crippen molar-refractivity contribution >= 4 is 40.2 Å². The quantitative estimate of drug-likeness (QED) is 0.463. The second kappa shape index (κ2) is 9.19. The van der Waals surface area contributed by atoms with Gasteiger partial charge >= 0.3 is 173 Å². The van der Waals surface area contributed by atoms with Gasteiger partial charge in [0.05, 0.1) is 0 Å². The van der Waals surface area contributed by atoms with Crippen LogP contribution < -0.4 is 7.74 Å². The molecule has 0 atom stereocenters. The first kappa shape index (κ1) is 25.2. The van der Waals surface area contributed by atoms with E-state index in [1.54, 1.807) is 15.5 Å². The molecular weight excluding hydrogens is 459 g/mol. The van der Waals surface area contributed by atoms with Crippen LogP contribution in [0.4, 0.5) is 0 Å². The molecule has 2 aliphatic rings.